The lowest BCUT2D eigenvalue weighted by atomic mass is 10.2. The summed E-state index contributed by atoms with van der Waals surface area (Å²) in [6.45, 7) is 5.10. The average Bonchev–Trinajstić information content (AvgIpc) is 2.27. The standard InChI is InChI=1S/C11H17ClN4/c1-15-4-6-16(7-5-15)8-10-9(12)2-3-11(13)14-10/h2-3H,4-8H2,1H3,(H2,13,14). The monoisotopic (exact) mass is 240 g/mol. The number of piperazine rings is 1. The van der Waals surface area contributed by atoms with Crippen LogP contribution in [0.1, 0.15) is 5.69 Å². The van der Waals surface area contributed by atoms with Crippen molar-refractivity contribution in [3.05, 3.63) is 22.8 Å². The molecule has 1 aliphatic rings. The molecule has 1 aliphatic heterocycles. The van der Waals surface area contributed by atoms with Gasteiger partial charge in [-0.1, -0.05) is 11.6 Å². The highest BCUT2D eigenvalue weighted by molar-refractivity contribution is 6.31. The molecule has 2 N–H and O–H groups in total. The lowest BCUT2D eigenvalue weighted by Gasteiger charge is -2.32. The van der Waals surface area contributed by atoms with E-state index >= 15 is 0 Å². The second-order valence-electron chi connectivity index (χ2n) is 4.24. The van der Waals surface area contributed by atoms with E-state index in [1.807, 2.05) is 6.07 Å². The summed E-state index contributed by atoms with van der Waals surface area (Å²) in [5.41, 5.74) is 6.54. The van der Waals surface area contributed by atoms with Gasteiger partial charge in [0, 0.05) is 32.7 Å². The fourth-order valence-corrected chi connectivity index (χ4v) is 1.99. The number of rotatable bonds is 2. The van der Waals surface area contributed by atoms with Crippen LogP contribution >= 0.6 is 11.6 Å². The van der Waals surface area contributed by atoms with E-state index < -0.39 is 0 Å². The molecule has 0 aliphatic carbocycles. The van der Waals surface area contributed by atoms with Gasteiger partial charge in [0.1, 0.15) is 5.82 Å². The minimum absolute atomic E-state index is 0.536. The first-order valence-electron chi connectivity index (χ1n) is 5.47. The van der Waals surface area contributed by atoms with Gasteiger partial charge in [-0.25, -0.2) is 4.98 Å². The summed E-state index contributed by atoms with van der Waals surface area (Å²) in [6.07, 6.45) is 0. The number of halogens is 1. The maximum Gasteiger partial charge on any atom is 0.123 e. The summed E-state index contributed by atoms with van der Waals surface area (Å²) in [7, 11) is 2.14. The third-order valence-corrected chi connectivity index (χ3v) is 3.25. The Bertz CT molecular complexity index is 361. The molecular formula is C11H17ClN4. The van der Waals surface area contributed by atoms with E-state index in [4.69, 9.17) is 17.3 Å². The molecule has 88 valence electrons. The van der Waals surface area contributed by atoms with Crippen LogP contribution in [0, 0.1) is 0 Å². The van der Waals surface area contributed by atoms with Crippen LogP contribution in [0.15, 0.2) is 12.1 Å². The van der Waals surface area contributed by atoms with Crippen molar-refractivity contribution >= 4 is 17.4 Å². The number of pyridine rings is 1. The van der Waals surface area contributed by atoms with Crippen LogP contribution in [0.3, 0.4) is 0 Å². The molecule has 0 radical (unpaired) electrons. The Labute approximate surface area is 101 Å². The van der Waals surface area contributed by atoms with Crippen molar-refractivity contribution in [1.29, 1.82) is 0 Å². The second-order valence-corrected chi connectivity index (χ2v) is 4.65. The van der Waals surface area contributed by atoms with Crippen molar-refractivity contribution in [3.63, 3.8) is 0 Å². The Morgan fingerprint density at radius 3 is 2.69 bits per heavy atom. The zero-order chi connectivity index (χ0) is 11.5. The number of hydrogen-bond acceptors (Lipinski definition) is 4. The van der Waals surface area contributed by atoms with Crippen molar-refractivity contribution in [1.82, 2.24) is 14.8 Å². The average molecular weight is 241 g/mol. The summed E-state index contributed by atoms with van der Waals surface area (Å²) < 4.78 is 0. The number of likely N-dealkylation sites (N-methyl/N-ethyl adjacent to an activating group) is 1. The van der Waals surface area contributed by atoms with Crippen LogP contribution in [-0.2, 0) is 6.54 Å². The highest BCUT2D eigenvalue weighted by Gasteiger charge is 2.15. The Morgan fingerprint density at radius 2 is 2.00 bits per heavy atom. The highest BCUT2D eigenvalue weighted by Crippen LogP contribution is 2.17. The van der Waals surface area contributed by atoms with Crippen LogP contribution < -0.4 is 5.73 Å². The predicted molar refractivity (Wildman–Crippen MR) is 66.4 cm³/mol. The molecule has 0 aromatic carbocycles. The maximum atomic E-state index is 6.09. The van der Waals surface area contributed by atoms with Gasteiger partial charge in [-0.05, 0) is 19.2 Å². The van der Waals surface area contributed by atoms with E-state index in [0.29, 0.717) is 10.8 Å². The number of nitrogens with zero attached hydrogens (tertiary/aromatic N) is 3. The molecule has 5 heteroatoms. The third kappa shape index (κ3) is 2.84. The van der Waals surface area contributed by atoms with Gasteiger partial charge in [0.05, 0.1) is 10.7 Å². The predicted octanol–water partition coefficient (Wildman–Crippen LogP) is 1.06. The molecule has 0 amide bonds. The van der Waals surface area contributed by atoms with Crippen molar-refractivity contribution < 1.29 is 0 Å². The summed E-state index contributed by atoms with van der Waals surface area (Å²) in [5.74, 6) is 0.536. The molecule has 2 heterocycles. The molecule has 4 nitrogen and oxygen atoms in total. The first-order chi connectivity index (χ1) is 7.65. The first-order valence-corrected chi connectivity index (χ1v) is 5.85. The van der Waals surface area contributed by atoms with Crippen LogP contribution in [-0.4, -0.2) is 48.0 Å². The van der Waals surface area contributed by atoms with E-state index in [0.717, 1.165) is 38.4 Å². The Balaban J connectivity index is 2.00. The topological polar surface area (TPSA) is 45.4 Å². The molecule has 1 aromatic rings. The number of hydrogen-bond donors (Lipinski definition) is 1. The molecule has 0 bridgehead atoms. The normalized spacial score (nSPS) is 18.9. The van der Waals surface area contributed by atoms with E-state index in [-0.39, 0.29) is 0 Å². The Hall–Kier alpha value is -0.840. The summed E-state index contributed by atoms with van der Waals surface area (Å²) in [6, 6.07) is 3.55. The Kier molecular flexibility index (Phi) is 3.63. The number of aromatic nitrogens is 1. The largest absolute Gasteiger partial charge is 0.384 e. The van der Waals surface area contributed by atoms with Gasteiger partial charge in [0.15, 0.2) is 0 Å². The number of anilines is 1. The summed E-state index contributed by atoms with van der Waals surface area (Å²) in [5, 5.41) is 0.702. The van der Waals surface area contributed by atoms with Crippen LogP contribution in [0.5, 0.6) is 0 Å². The van der Waals surface area contributed by atoms with E-state index in [1.165, 1.54) is 0 Å². The summed E-state index contributed by atoms with van der Waals surface area (Å²) in [4.78, 5) is 8.96. The molecule has 16 heavy (non-hydrogen) atoms. The van der Waals surface area contributed by atoms with Crippen LogP contribution in [0.4, 0.5) is 5.82 Å². The SMILES string of the molecule is CN1CCN(Cc2nc(N)ccc2Cl)CC1. The highest BCUT2D eigenvalue weighted by atomic mass is 35.5. The van der Waals surface area contributed by atoms with Gasteiger partial charge in [-0.2, -0.15) is 0 Å². The second kappa shape index (κ2) is 4.99. The molecule has 1 saturated heterocycles. The third-order valence-electron chi connectivity index (χ3n) is 2.91. The lowest BCUT2D eigenvalue weighted by molar-refractivity contribution is 0.147. The smallest absolute Gasteiger partial charge is 0.123 e. The minimum Gasteiger partial charge on any atom is -0.384 e. The first kappa shape index (κ1) is 11.6. The van der Waals surface area contributed by atoms with Gasteiger partial charge in [-0.3, -0.25) is 4.90 Å². The number of nitrogen functional groups attached to an aromatic ring is 1. The molecule has 0 spiro atoms. The van der Waals surface area contributed by atoms with E-state index in [1.54, 1.807) is 6.07 Å². The quantitative estimate of drug-likeness (QED) is 0.840. The van der Waals surface area contributed by atoms with Crippen molar-refractivity contribution in [2.75, 3.05) is 39.0 Å². The van der Waals surface area contributed by atoms with E-state index in [9.17, 15) is 0 Å². The lowest BCUT2D eigenvalue weighted by Crippen LogP contribution is -2.44. The molecule has 1 aromatic heterocycles. The molecular weight excluding hydrogens is 224 g/mol. The van der Waals surface area contributed by atoms with Gasteiger partial charge in [0.2, 0.25) is 0 Å². The van der Waals surface area contributed by atoms with E-state index in [2.05, 4.69) is 21.8 Å². The van der Waals surface area contributed by atoms with Crippen molar-refractivity contribution in [3.8, 4) is 0 Å². The van der Waals surface area contributed by atoms with Gasteiger partial charge in [-0.15, -0.1) is 0 Å². The van der Waals surface area contributed by atoms with Gasteiger partial charge >= 0.3 is 0 Å². The van der Waals surface area contributed by atoms with Gasteiger partial charge < -0.3 is 10.6 Å². The maximum absolute atomic E-state index is 6.09. The van der Waals surface area contributed by atoms with Crippen LogP contribution in [0.25, 0.3) is 0 Å². The van der Waals surface area contributed by atoms with Crippen molar-refractivity contribution in [2.24, 2.45) is 0 Å². The summed E-state index contributed by atoms with van der Waals surface area (Å²) >= 11 is 6.09. The molecule has 0 unspecified atom stereocenters. The molecule has 0 saturated carbocycles. The molecule has 0 atom stereocenters. The fourth-order valence-electron chi connectivity index (χ4n) is 1.83. The zero-order valence-electron chi connectivity index (χ0n) is 9.49. The minimum atomic E-state index is 0.536. The zero-order valence-corrected chi connectivity index (χ0v) is 10.2. The molecule has 1 fully saturated rings. The Morgan fingerprint density at radius 1 is 1.31 bits per heavy atom. The van der Waals surface area contributed by atoms with Gasteiger partial charge in [0.25, 0.3) is 0 Å². The number of nitrogens with two attached hydrogens (primary N) is 1. The molecule has 2 rings (SSSR count). The van der Waals surface area contributed by atoms with Crippen molar-refractivity contribution in [2.45, 2.75) is 6.54 Å². The van der Waals surface area contributed by atoms with Crippen LogP contribution in [0.2, 0.25) is 5.02 Å². The fraction of sp³-hybridized carbons (Fsp3) is 0.545.